The predicted octanol–water partition coefficient (Wildman–Crippen LogP) is 7.36. The Hall–Kier alpha value is -3.61. The fourth-order valence-electron chi connectivity index (χ4n) is 4.07. The molecule has 198 valence electrons. The van der Waals surface area contributed by atoms with Gasteiger partial charge >= 0.3 is 0 Å². The van der Waals surface area contributed by atoms with Crippen LogP contribution in [0.25, 0.3) is 11.1 Å². The van der Waals surface area contributed by atoms with Gasteiger partial charge in [-0.1, -0.05) is 99.1 Å². The molecule has 0 amide bonds. The van der Waals surface area contributed by atoms with E-state index in [1.165, 1.54) is 0 Å². The van der Waals surface area contributed by atoms with Crippen LogP contribution in [0.4, 0.5) is 5.69 Å². The van der Waals surface area contributed by atoms with Crippen LogP contribution in [0.3, 0.4) is 0 Å². The molecule has 5 nitrogen and oxygen atoms in total. The number of hydrogen-bond donors (Lipinski definition) is 1. The summed E-state index contributed by atoms with van der Waals surface area (Å²) >= 11 is 0. The van der Waals surface area contributed by atoms with Crippen LogP contribution in [0.1, 0.15) is 37.5 Å². The fourth-order valence-corrected chi connectivity index (χ4v) is 5.14. The molecule has 0 unspecified atom stereocenters. The van der Waals surface area contributed by atoms with E-state index in [1.807, 2.05) is 79.7 Å². The van der Waals surface area contributed by atoms with Gasteiger partial charge in [-0.05, 0) is 53.3 Å². The molecule has 38 heavy (non-hydrogen) atoms. The van der Waals surface area contributed by atoms with Crippen molar-refractivity contribution >= 4 is 15.7 Å². The van der Waals surface area contributed by atoms with Crippen LogP contribution in [0.2, 0.25) is 0 Å². The lowest BCUT2D eigenvalue weighted by molar-refractivity contribution is 0.0891. The van der Waals surface area contributed by atoms with Crippen molar-refractivity contribution in [1.29, 1.82) is 0 Å². The summed E-state index contributed by atoms with van der Waals surface area (Å²) < 4.78 is 41.4. The molecule has 0 saturated heterocycles. The van der Waals surface area contributed by atoms with Crippen molar-refractivity contribution in [3.05, 3.63) is 114 Å². The van der Waals surface area contributed by atoms with Crippen LogP contribution in [-0.4, -0.2) is 21.6 Å². The minimum Gasteiger partial charge on any atom is -0.490 e. The lowest BCUT2D eigenvalue weighted by Gasteiger charge is -2.20. The largest absolute Gasteiger partial charge is 0.490 e. The first-order valence-electron chi connectivity index (χ1n) is 12.7. The normalized spacial score (nSPS) is 11.8. The van der Waals surface area contributed by atoms with Crippen LogP contribution in [-0.2, 0) is 26.8 Å². The molecule has 0 aliphatic carbocycles. The number of nitrogens with one attached hydrogen (secondary N) is 1. The third-order valence-electron chi connectivity index (χ3n) is 6.24. The maximum Gasteiger partial charge on any atom is 0.261 e. The summed E-state index contributed by atoms with van der Waals surface area (Å²) in [6.45, 7) is 9.54. The molecule has 0 aliphatic heterocycles. The number of benzene rings is 4. The van der Waals surface area contributed by atoms with Crippen molar-refractivity contribution in [2.75, 3.05) is 17.9 Å². The smallest absolute Gasteiger partial charge is 0.261 e. The first-order valence-corrected chi connectivity index (χ1v) is 14.2. The molecular weight excluding hydrogens is 494 g/mol. The van der Waals surface area contributed by atoms with E-state index >= 15 is 0 Å². The molecule has 4 aromatic rings. The van der Waals surface area contributed by atoms with Crippen LogP contribution < -0.4 is 9.46 Å². The van der Waals surface area contributed by atoms with Gasteiger partial charge in [-0.25, -0.2) is 8.42 Å². The number of hydrogen-bond acceptors (Lipinski definition) is 4. The summed E-state index contributed by atoms with van der Waals surface area (Å²) in [6, 6.07) is 30.3. The SMILES string of the molecule is Cc1ccc(-c2c(NS(=O)(=O)c3ccc(C(C)(C)C)cc3)cccc2OCCOCc2ccccc2)cc1. The molecule has 0 radical (unpaired) electrons. The molecule has 0 aliphatic rings. The van der Waals surface area contributed by atoms with Gasteiger partial charge in [-0.2, -0.15) is 0 Å². The first kappa shape index (κ1) is 27.4. The summed E-state index contributed by atoms with van der Waals surface area (Å²) in [6.07, 6.45) is 0. The Morgan fingerprint density at radius 2 is 1.45 bits per heavy atom. The second-order valence-electron chi connectivity index (χ2n) is 10.3. The predicted molar refractivity (Wildman–Crippen MR) is 154 cm³/mol. The maximum atomic E-state index is 13.4. The first-order chi connectivity index (χ1) is 18.1. The molecule has 0 atom stereocenters. The van der Waals surface area contributed by atoms with Gasteiger partial charge in [-0.15, -0.1) is 0 Å². The van der Waals surface area contributed by atoms with Crippen LogP contribution in [0, 0.1) is 6.92 Å². The molecule has 0 heterocycles. The number of ether oxygens (including phenoxy) is 2. The molecular formula is C32H35NO4S. The Labute approximate surface area is 226 Å². The van der Waals surface area contributed by atoms with Crippen LogP contribution in [0.15, 0.2) is 102 Å². The molecule has 4 rings (SSSR count). The van der Waals surface area contributed by atoms with Gasteiger partial charge < -0.3 is 9.47 Å². The van der Waals surface area contributed by atoms with E-state index in [0.29, 0.717) is 36.8 Å². The quantitative estimate of drug-likeness (QED) is 0.218. The highest BCUT2D eigenvalue weighted by molar-refractivity contribution is 7.92. The zero-order valence-corrected chi connectivity index (χ0v) is 23.2. The van der Waals surface area contributed by atoms with Crippen molar-refractivity contribution in [2.45, 2.75) is 44.6 Å². The van der Waals surface area contributed by atoms with E-state index in [4.69, 9.17) is 9.47 Å². The van der Waals surface area contributed by atoms with Gasteiger partial charge in [0.2, 0.25) is 0 Å². The number of rotatable bonds is 10. The van der Waals surface area contributed by atoms with E-state index in [-0.39, 0.29) is 10.3 Å². The van der Waals surface area contributed by atoms with Crippen molar-refractivity contribution in [1.82, 2.24) is 0 Å². The zero-order chi connectivity index (χ0) is 27.2. The van der Waals surface area contributed by atoms with Crippen molar-refractivity contribution < 1.29 is 17.9 Å². The van der Waals surface area contributed by atoms with Crippen molar-refractivity contribution in [3.63, 3.8) is 0 Å². The van der Waals surface area contributed by atoms with Crippen molar-refractivity contribution in [2.24, 2.45) is 0 Å². The van der Waals surface area contributed by atoms with E-state index in [9.17, 15) is 8.42 Å². The Balaban J connectivity index is 1.56. The van der Waals surface area contributed by atoms with Gasteiger partial charge in [0, 0.05) is 5.56 Å². The van der Waals surface area contributed by atoms with Gasteiger partial charge in [0.25, 0.3) is 10.0 Å². The highest BCUT2D eigenvalue weighted by Crippen LogP contribution is 2.38. The van der Waals surface area contributed by atoms with E-state index in [1.54, 1.807) is 24.3 Å². The molecule has 0 spiro atoms. The summed E-state index contributed by atoms with van der Waals surface area (Å²) in [5.41, 5.74) is 5.22. The second-order valence-corrected chi connectivity index (χ2v) is 12.0. The van der Waals surface area contributed by atoms with Gasteiger partial charge in [0.15, 0.2) is 0 Å². The molecule has 4 aromatic carbocycles. The number of sulfonamides is 1. The number of anilines is 1. The minimum atomic E-state index is -3.82. The molecule has 0 aromatic heterocycles. The molecule has 6 heteroatoms. The Kier molecular flexibility index (Phi) is 8.55. The van der Waals surface area contributed by atoms with E-state index < -0.39 is 10.0 Å². The Morgan fingerprint density at radius 3 is 2.11 bits per heavy atom. The summed E-state index contributed by atoms with van der Waals surface area (Å²) in [7, 11) is -3.82. The molecule has 1 N–H and O–H groups in total. The van der Waals surface area contributed by atoms with Crippen LogP contribution in [0.5, 0.6) is 5.75 Å². The topological polar surface area (TPSA) is 64.6 Å². The summed E-state index contributed by atoms with van der Waals surface area (Å²) in [5, 5.41) is 0. The number of aryl methyl sites for hydroxylation is 1. The lowest BCUT2D eigenvalue weighted by atomic mass is 9.87. The van der Waals surface area contributed by atoms with Gasteiger partial charge in [-0.3, -0.25) is 4.72 Å². The molecule has 0 fully saturated rings. The fraction of sp³-hybridized carbons (Fsp3) is 0.250. The van der Waals surface area contributed by atoms with Gasteiger partial charge in [0.1, 0.15) is 12.4 Å². The standard InChI is InChI=1S/C32H35NO4S/c1-24-13-15-26(16-14-24)31-29(33-38(34,35)28-19-17-27(18-20-28)32(2,3)4)11-8-12-30(31)37-22-21-36-23-25-9-6-5-7-10-25/h5-20,33H,21-23H2,1-4H3. The monoisotopic (exact) mass is 529 g/mol. The highest BCUT2D eigenvalue weighted by Gasteiger charge is 2.21. The third-order valence-corrected chi connectivity index (χ3v) is 7.62. The van der Waals surface area contributed by atoms with Gasteiger partial charge in [0.05, 0.1) is 23.8 Å². The molecule has 0 saturated carbocycles. The summed E-state index contributed by atoms with van der Waals surface area (Å²) in [4.78, 5) is 0.209. The maximum absolute atomic E-state index is 13.4. The highest BCUT2D eigenvalue weighted by atomic mass is 32.2. The minimum absolute atomic E-state index is 0.0647. The van der Waals surface area contributed by atoms with E-state index in [2.05, 4.69) is 25.5 Å². The third kappa shape index (κ3) is 7.03. The Morgan fingerprint density at radius 1 is 0.763 bits per heavy atom. The zero-order valence-electron chi connectivity index (χ0n) is 22.4. The lowest BCUT2D eigenvalue weighted by Crippen LogP contribution is -2.16. The molecule has 0 bridgehead atoms. The van der Waals surface area contributed by atoms with Crippen LogP contribution >= 0.6 is 0 Å². The Bertz CT molecular complexity index is 1440. The average molecular weight is 530 g/mol. The average Bonchev–Trinajstić information content (AvgIpc) is 2.89. The summed E-state index contributed by atoms with van der Waals surface area (Å²) in [5.74, 6) is 0.584. The van der Waals surface area contributed by atoms with Crippen molar-refractivity contribution in [3.8, 4) is 16.9 Å². The van der Waals surface area contributed by atoms with E-state index in [0.717, 1.165) is 22.3 Å². The second kappa shape index (κ2) is 11.8.